The van der Waals surface area contributed by atoms with Crippen LogP contribution in [0.5, 0.6) is 11.5 Å². The van der Waals surface area contributed by atoms with Crippen LogP contribution >= 0.6 is 11.6 Å². The third-order valence-electron chi connectivity index (χ3n) is 3.60. The Labute approximate surface area is 172 Å². The zero-order valence-corrected chi connectivity index (χ0v) is 16.4. The van der Waals surface area contributed by atoms with Crippen molar-refractivity contribution in [3.05, 3.63) is 56.4 Å². The molecule has 0 saturated carbocycles. The van der Waals surface area contributed by atoms with Crippen LogP contribution < -0.4 is 9.47 Å². The zero-order valence-electron chi connectivity index (χ0n) is 15.7. The lowest BCUT2D eigenvalue weighted by Crippen LogP contribution is -2.08. The van der Waals surface area contributed by atoms with E-state index >= 15 is 0 Å². The maximum atomic E-state index is 12.2. The molecule has 29 heavy (non-hydrogen) atoms. The van der Waals surface area contributed by atoms with E-state index in [1.54, 1.807) is 25.1 Å². The van der Waals surface area contributed by atoms with Crippen molar-refractivity contribution in [1.29, 1.82) is 0 Å². The van der Waals surface area contributed by atoms with Crippen LogP contribution in [0.1, 0.15) is 28.5 Å². The number of halogens is 1. The van der Waals surface area contributed by atoms with Crippen molar-refractivity contribution in [2.45, 2.75) is 6.92 Å². The summed E-state index contributed by atoms with van der Waals surface area (Å²) in [5.74, 6) is 2.31. The molecule has 0 amide bonds. The summed E-state index contributed by atoms with van der Waals surface area (Å²) in [5.41, 5.74) is 0.487. The van der Waals surface area contributed by atoms with Crippen LogP contribution in [0, 0.1) is 22.5 Å². The van der Waals surface area contributed by atoms with Crippen LogP contribution in [0.4, 0.5) is 5.69 Å². The predicted molar refractivity (Wildman–Crippen MR) is 108 cm³/mol. The highest BCUT2D eigenvalue weighted by Gasteiger charge is 2.18. The maximum Gasteiger partial charge on any atom is 0.340 e. The third-order valence-corrected chi connectivity index (χ3v) is 3.88. The van der Waals surface area contributed by atoms with Gasteiger partial charge in [-0.2, -0.15) is 0 Å². The molecule has 1 aromatic carbocycles. The van der Waals surface area contributed by atoms with E-state index < -0.39 is 10.9 Å². The van der Waals surface area contributed by atoms with E-state index in [-0.39, 0.29) is 35.2 Å². The fourth-order valence-electron chi connectivity index (χ4n) is 2.33. The maximum absolute atomic E-state index is 12.2. The molecule has 0 bridgehead atoms. The molecule has 8 nitrogen and oxygen atoms in total. The molecule has 0 aliphatic heterocycles. The summed E-state index contributed by atoms with van der Waals surface area (Å²) in [6.07, 6.45) is 9.39. The fourth-order valence-corrected chi connectivity index (χ4v) is 2.61. The summed E-state index contributed by atoms with van der Waals surface area (Å²) in [4.78, 5) is 26.5. The summed E-state index contributed by atoms with van der Waals surface area (Å²) < 4.78 is 15.6. The second kappa shape index (κ2) is 10.1. The number of methoxy groups -OCH3 is 1. The number of hydrogen-bond acceptors (Lipinski definition) is 7. The van der Waals surface area contributed by atoms with Gasteiger partial charge in [0.05, 0.1) is 34.9 Å². The van der Waals surface area contributed by atoms with Crippen molar-refractivity contribution in [1.82, 2.24) is 4.98 Å². The molecular weight excluding hydrogens is 400 g/mol. The van der Waals surface area contributed by atoms with Crippen LogP contribution in [-0.4, -0.2) is 36.2 Å². The number of nitrogens with zero attached hydrogens (tertiary/aromatic N) is 2. The summed E-state index contributed by atoms with van der Waals surface area (Å²) in [6.45, 7) is 1.79. The molecule has 0 aliphatic carbocycles. The van der Waals surface area contributed by atoms with Crippen LogP contribution in [-0.2, 0) is 4.74 Å². The number of rotatable bonds is 8. The monoisotopic (exact) mass is 416 g/mol. The quantitative estimate of drug-likeness (QED) is 0.277. The standard InChI is InChI=1S/C20H17ClN2O6/c1-4-8-29-19-16(21)9-13(10-18(19)27-3)6-7-17-15(20(24)28-5-2)11-14(12-22-17)23(25)26/h1,6-7,9-12H,5,8H2,2-3H3/b7-6+. The molecule has 0 atom stereocenters. The highest BCUT2D eigenvalue weighted by Crippen LogP contribution is 2.37. The summed E-state index contributed by atoms with van der Waals surface area (Å²) in [6, 6.07) is 4.39. The van der Waals surface area contributed by atoms with E-state index in [9.17, 15) is 14.9 Å². The first kappa shape index (κ1) is 21.7. The minimum Gasteiger partial charge on any atom is -0.493 e. The topological polar surface area (TPSA) is 101 Å². The molecule has 2 rings (SSSR count). The van der Waals surface area contributed by atoms with Crippen molar-refractivity contribution >= 4 is 35.4 Å². The van der Waals surface area contributed by atoms with Crippen molar-refractivity contribution < 1.29 is 23.9 Å². The van der Waals surface area contributed by atoms with Crippen LogP contribution in [0.2, 0.25) is 5.02 Å². The SMILES string of the molecule is C#CCOc1c(Cl)cc(/C=C/c2ncc([N+](=O)[O-])cc2C(=O)OCC)cc1OC. The molecule has 150 valence electrons. The van der Waals surface area contributed by atoms with Gasteiger partial charge >= 0.3 is 5.97 Å². The van der Waals surface area contributed by atoms with Crippen molar-refractivity contribution in [3.8, 4) is 23.8 Å². The van der Waals surface area contributed by atoms with Crippen molar-refractivity contribution in [2.24, 2.45) is 0 Å². The molecule has 9 heteroatoms. The second-order valence-electron chi connectivity index (χ2n) is 5.46. The number of hydrogen-bond donors (Lipinski definition) is 0. The molecule has 1 heterocycles. The summed E-state index contributed by atoms with van der Waals surface area (Å²) in [7, 11) is 1.46. The highest BCUT2D eigenvalue weighted by atomic mass is 35.5. The van der Waals surface area contributed by atoms with E-state index in [0.29, 0.717) is 17.1 Å². The van der Waals surface area contributed by atoms with Gasteiger partial charge in [0.2, 0.25) is 0 Å². The number of carbonyl (C=O) groups excluding carboxylic acids is 1. The van der Waals surface area contributed by atoms with Gasteiger partial charge in [-0.3, -0.25) is 10.1 Å². The van der Waals surface area contributed by atoms with E-state index in [1.807, 2.05) is 0 Å². The van der Waals surface area contributed by atoms with Crippen molar-refractivity contribution in [3.63, 3.8) is 0 Å². The van der Waals surface area contributed by atoms with Gasteiger partial charge in [-0.15, -0.1) is 6.42 Å². The summed E-state index contributed by atoms with van der Waals surface area (Å²) in [5, 5.41) is 11.3. The average molecular weight is 417 g/mol. The lowest BCUT2D eigenvalue weighted by molar-refractivity contribution is -0.385. The highest BCUT2D eigenvalue weighted by molar-refractivity contribution is 6.32. The molecule has 0 aliphatic rings. The molecule has 0 fully saturated rings. The van der Waals surface area contributed by atoms with Gasteiger partial charge in [0.1, 0.15) is 12.8 Å². The number of carbonyl (C=O) groups is 1. The fraction of sp³-hybridized carbons (Fsp3) is 0.200. The zero-order chi connectivity index (χ0) is 21.4. The van der Waals surface area contributed by atoms with Gasteiger partial charge < -0.3 is 14.2 Å². The van der Waals surface area contributed by atoms with Gasteiger partial charge in [0.25, 0.3) is 5.69 Å². The molecule has 0 N–H and O–H groups in total. The average Bonchev–Trinajstić information content (AvgIpc) is 2.71. The van der Waals surface area contributed by atoms with Gasteiger partial charge in [-0.1, -0.05) is 23.6 Å². The number of benzene rings is 1. The van der Waals surface area contributed by atoms with Crippen LogP contribution in [0.3, 0.4) is 0 Å². The van der Waals surface area contributed by atoms with Crippen molar-refractivity contribution in [2.75, 3.05) is 20.3 Å². The Morgan fingerprint density at radius 1 is 1.38 bits per heavy atom. The number of nitro groups is 1. The van der Waals surface area contributed by atoms with E-state index in [4.69, 9.17) is 32.2 Å². The Hall–Kier alpha value is -3.57. The number of esters is 1. The van der Waals surface area contributed by atoms with Gasteiger partial charge in [0, 0.05) is 6.07 Å². The minimum atomic E-state index is -0.711. The molecule has 0 spiro atoms. The van der Waals surface area contributed by atoms with Crippen LogP contribution in [0.25, 0.3) is 12.2 Å². The molecular formula is C20H17ClN2O6. The Morgan fingerprint density at radius 2 is 2.14 bits per heavy atom. The molecule has 2 aromatic rings. The normalized spacial score (nSPS) is 10.4. The largest absolute Gasteiger partial charge is 0.493 e. The lowest BCUT2D eigenvalue weighted by atomic mass is 10.1. The number of terminal acetylenes is 1. The first-order valence-corrected chi connectivity index (χ1v) is 8.72. The Morgan fingerprint density at radius 3 is 2.76 bits per heavy atom. The van der Waals surface area contributed by atoms with Gasteiger partial charge in [0.15, 0.2) is 11.5 Å². The first-order valence-electron chi connectivity index (χ1n) is 8.34. The van der Waals surface area contributed by atoms with E-state index in [1.165, 1.54) is 13.2 Å². The van der Waals surface area contributed by atoms with Gasteiger partial charge in [-0.25, -0.2) is 9.78 Å². The number of ether oxygens (including phenoxy) is 3. The van der Waals surface area contributed by atoms with Crippen LogP contribution in [0.15, 0.2) is 24.4 Å². The Kier molecular flexibility index (Phi) is 7.57. The minimum absolute atomic E-state index is 0.0238. The Balaban J connectivity index is 2.43. The number of pyridine rings is 1. The molecule has 0 unspecified atom stereocenters. The smallest absolute Gasteiger partial charge is 0.340 e. The molecule has 0 saturated heterocycles. The predicted octanol–water partition coefficient (Wildman–Crippen LogP) is 4.01. The molecule has 0 radical (unpaired) electrons. The Bertz CT molecular complexity index is 997. The third kappa shape index (κ3) is 5.46. The lowest BCUT2D eigenvalue weighted by Gasteiger charge is -2.11. The second-order valence-corrected chi connectivity index (χ2v) is 5.87. The van der Waals surface area contributed by atoms with E-state index in [2.05, 4.69) is 10.9 Å². The van der Waals surface area contributed by atoms with Gasteiger partial charge in [-0.05, 0) is 30.7 Å². The summed E-state index contributed by atoms with van der Waals surface area (Å²) >= 11 is 6.24. The van der Waals surface area contributed by atoms with E-state index in [0.717, 1.165) is 12.3 Å². The number of aromatic nitrogens is 1. The molecule has 1 aromatic heterocycles. The first-order chi connectivity index (χ1) is 13.9.